The van der Waals surface area contributed by atoms with Crippen LogP contribution in [0.25, 0.3) is 0 Å². The first-order valence-electron chi connectivity index (χ1n) is 7.97. The molecule has 23 heavy (non-hydrogen) atoms. The maximum Gasteiger partial charge on any atom is 0.245 e. The summed E-state index contributed by atoms with van der Waals surface area (Å²) in [6.45, 7) is 0.874. The van der Waals surface area contributed by atoms with Gasteiger partial charge in [-0.1, -0.05) is 12.1 Å². The van der Waals surface area contributed by atoms with Gasteiger partial charge in [0.1, 0.15) is 17.9 Å². The summed E-state index contributed by atoms with van der Waals surface area (Å²) in [7, 11) is -3.44. The van der Waals surface area contributed by atoms with Crippen molar-refractivity contribution in [3.63, 3.8) is 0 Å². The number of rotatable bonds is 3. The van der Waals surface area contributed by atoms with Crippen molar-refractivity contribution in [1.29, 1.82) is 0 Å². The standard InChI is InChI=1S/C16H20N2O4S/c1-23(20,21)18-10-12-8-14(18)16(19)17(9-11-6-7-11)13-4-2-3-5-15(13)22-12/h2-5,11-12,14H,6-10H2,1H3/t12-,14-/m0/s1. The first-order chi connectivity index (χ1) is 10.9. The highest BCUT2D eigenvalue weighted by atomic mass is 32.2. The number of amides is 1. The Hall–Kier alpha value is -1.60. The van der Waals surface area contributed by atoms with E-state index in [1.807, 2.05) is 24.3 Å². The third-order valence-electron chi connectivity index (χ3n) is 4.78. The first kappa shape index (κ1) is 15.0. The van der Waals surface area contributed by atoms with Gasteiger partial charge in [-0.25, -0.2) is 8.42 Å². The van der Waals surface area contributed by atoms with Gasteiger partial charge in [-0.3, -0.25) is 4.79 Å². The number of carbonyl (C=O) groups excluding carboxylic acids is 1. The highest BCUT2D eigenvalue weighted by Gasteiger charge is 2.47. The maximum atomic E-state index is 13.1. The molecular weight excluding hydrogens is 316 g/mol. The summed E-state index contributed by atoms with van der Waals surface area (Å²) in [4.78, 5) is 14.8. The Labute approximate surface area is 136 Å². The van der Waals surface area contributed by atoms with Gasteiger partial charge in [0.05, 0.1) is 18.5 Å². The van der Waals surface area contributed by atoms with E-state index < -0.39 is 16.1 Å². The van der Waals surface area contributed by atoms with E-state index in [4.69, 9.17) is 4.74 Å². The van der Waals surface area contributed by atoms with Gasteiger partial charge in [-0.15, -0.1) is 0 Å². The zero-order valence-corrected chi connectivity index (χ0v) is 13.8. The van der Waals surface area contributed by atoms with Gasteiger partial charge in [-0.2, -0.15) is 4.31 Å². The summed E-state index contributed by atoms with van der Waals surface area (Å²) in [6.07, 6.45) is 3.54. The molecule has 3 aliphatic rings. The zero-order valence-electron chi connectivity index (χ0n) is 13.0. The van der Waals surface area contributed by atoms with Crippen LogP contribution in [0.5, 0.6) is 5.75 Å². The molecule has 1 aromatic carbocycles. The molecule has 0 aromatic heterocycles. The number of nitrogens with zero attached hydrogens (tertiary/aromatic N) is 2. The first-order valence-corrected chi connectivity index (χ1v) is 9.82. The SMILES string of the molecule is CS(=O)(=O)N1C[C@@H]2C[C@H]1C(=O)N(CC1CC1)c1ccccc1O2. The number of ether oxygens (including phenoxy) is 1. The van der Waals surface area contributed by atoms with Crippen LogP contribution in [0.2, 0.25) is 0 Å². The topological polar surface area (TPSA) is 66.9 Å². The molecule has 1 saturated carbocycles. The van der Waals surface area contributed by atoms with Crippen molar-refractivity contribution in [2.75, 3.05) is 24.2 Å². The molecule has 2 aliphatic heterocycles. The molecule has 124 valence electrons. The third kappa shape index (κ3) is 2.72. The van der Waals surface area contributed by atoms with Crippen LogP contribution in [-0.4, -0.2) is 50.1 Å². The normalized spacial score (nSPS) is 28.0. The number of carbonyl (C=O) groups is 1. The molecule has 0 spiro atoms. The Kier molecular flexibility index (Phi) is 3.39. The smallest absolute Gasteiger partial charge is 0.245 e. The Morgan fingerprint density at radius 1 is 1.26 bits per heavy atom. The summed E-state index contributed by atoms with van der Waals surface area (Å²) in [5.74, 6) is 1.05. The van der Waals surface area contributed by atoms with Crippen LogP contribution in [0.4, 0.5) is 5.69 Å². The van der Waals surface area contributed by atoms with Crippen LogP contribution in [0, 0.1) is 5.92 Å². The van der Waals surface area contributed by atoms with Crippen molar-refractivity contribution in [3.8, 4) is 5.75 Å². The van der Waals surface area contributed by atoms with Crippen molar-refractivity contribution < 1.29 is 17.9 Å². The number of hydrogen-bond acceptors (Lipinski definition) is 4. The molecule has 1 amide bonds. The number of benzene rings is 1. The molecule has 1 aliphatic carbocycles. The second kappa shape index (κ2) is 5.21. The average Bonchev–Trinajstić information content (AvgIpc) is 3.20. The maximum absolute atomic E-state index is 13.1. The molecular formula is C16H20N2O4S. The van der Waals surface area contributed by atoms with Crippen molar-refractivity contribution >= 4 is 21.6 Å². The fraction of sp³-hybridized carbons (Fsp3) is 0.562. The number of hydrogen-bond donors (Lipinski definition) is 0. The molecule has 0 radical (unpaired) electrons. The minimum atomic E-state index is -3.44. The fourth-order valence-corrected chi connectivity index (χ4v) is 4.53. The van der Waals surface area contributed by atoms with Crippen LogP contribution < -0.4 is 9.64 Å². The molecule has 2 heterocycles. The molecule has 0 N–H and O–H groups in total. The monoisotopic (exact) mass is 336 g/mol. The molecule has 6 nitrogen and oxygen atoms in total. The van der Waals surface area contributed by atoms with Gasteiger partial charge in [-0.05, 0) is 30.9 Å². The number of fused-ring (bicyclic) bond motifs is 3. The van der Waals surface area contributed by atoms with Crippen molar-refractivity contribution in [3.05, 3.63) is 24.3 Å². The fourth-order valence-electron chi connectivity index (χ4n) is 3.45. The Morgan fingerprint density at radius 2 is 2.00 bits per heavy atom. The number of para-hydroxylation sites is 2. The van der Waals surface area contributed by atoms with Gasteiger partial charge in [0.15, 0.2) is 0 Å². The van der Waals surface area contributed by atoms with E-state index >= 15 is 0 Å². The van der Waals surface area contributed by atoms with Crippen LogP contribution in [0.15, 0.2) is 24.3 Å². The van der Waals surface area contributed by atoms with Crippen LogP contribution in [0.1, 0.15) is 19.3 Å². The lowest BCUT2D eigenvalue weighted by atomic mass is 10.1. The van der Waals surface area contributed by atoms with Crippen LogP contribution in [-0.2, 0) is 14.8 Å². The molecule has 4 rings (SSSR count). The van der Waals surface area contributed by atoms with Gasteiger partial charge in [0.25, 0.3) is 0 Å². The predicted molar refractivity (Wildman–Crippen MR) is 85.9 cm³/mol. The molecule has 2 fully saturated rings. The Morgan fingerprint density at radius 3 is 2.70 bits per heavy atom. The molecule has 7 heteroatoms. The summed E-state index contributed by atoms with van der Waals surface area (Å²) >= 11 is 0. The van der Waals surface area contributed by atoms with Crippen LogP contribution in [0.3, 0.4) is 0 Å². The van der Waals surface area contributed by atoms with Crippen LogP contribution >= 0.6 is 0 Å². The van der Waals surface area contributed by atoms with E-state index in [1.54, 1.807) is 4.90 Å². The second-order valence-electron chi connectivity index (χ2n) is 6.68. The molecule has 1 saturated heterocycles. The highest BCUT2D eigenvalue weighted by molar-refractivity contribution is 7.88. The lowest BCUT2D eigenvalue weighted by Crippen LogP contribution is -2.48. The minimum Gasteiger partial charge on any atom is -0.487 e. The summed E-state index contributed by atoms with van der Waals surface area (Å²) in [5.41, 5.74) is 0.759. The van der Waals surface area contributed by atoms with E-state index in [-0.39, 0.29) is 18.6 Å². The van der Waals surface area contributed by atoms with Gasteiger partial charge < -0.3 is 9.64 Å². The quantitative estimate of drug-likeness (QED) is 0.832. The largest absolute Gasteiger partial charge is 0.487 e. The van der Waals surface area contributed by atoms with E-state index in [2.05, 4.69) is 0 Å². The van der Waals surface area contributed by atoms with Crippen molar-refractivity contribution in [1.82, 2.24) is 4.31 Å². The predicted octanol–water partition coefficient (Wildman–Crippen LogP) is 1.22. The van der Waals surface area contributed by atoms with Crippen molar-refractivity contribution in [2.45, 2.75) is 31.4 Å². The van der Waals surface area contributed by atoms with Gasteiger partial charge in [0, 0.05) is 13.0 Å². The average molecular weight is 336 g/mol. The number of anilines is 1. The molecule has 2 atom stereocenters. The zero-order chi connectivity index (χ0) is 16.2. The van der Waals surface area contributed by atoms with Gasteiger partial charge in [0.2, 0.25) is 15.9 Å². The summed E-state index contributed by atoms with van der Waals surface area (Å²) in [6, 6.07) is 6.84. The molecule has 0 unspecified atom stereocenters. The lowest BCUT2D eigenvalue weighted by molar-refractivity contribution is -0.121. The van der Waals surface area contributed by atoms with E-state index in [0.29, 0.717) is 24.6 Å². The van der Waals surface area contributed by atoms with E-state index in [0.717, 1.165) is 24.8 Å². The summed E-state index contributed by atoms with van der Waals surface area (Å²) in [5, 5.41) is 0. The summed E-state index contributed by atoms with van der Waals surface area (Å²) < 4.78 is 31.5. The Bertz CT molecular complexity index is 744. The molecule has 1 aromatic rings. The van der Waals surface area contributed by atoms with Crippen molar-refractivity contribution in [2.24, 2.45) is 5.92 Å². The highest BCUT2D eigenvalue weighted by Crippen LogP contribution is 2.39. The lowest BCUT2D eigenvalue weighted by Gasteiger charge is -2.31. The number of sulfonamides is 1. The Balaban J connectivity index is 1.77. The minimum absolute atomic E-state index is 0.124. The molecule has 2 bridgehead atoms. The van der Waals surface area contributed by atoms with Gasteiger partial charge >= 0.3 is 0 Å². The van der Waals surface area contributed by atoms with E-state index in [9.17, 15) is 13.2 Å². The van der Waals surface area contributed by atoms with E-state index in [1.165, 1.54) is 4.31 Å². The third-order valence-corrected chi connectivity index (χ3v) is 6.04. The second-order valence-corrected chi connectivity index (χ2v) is 8.62.